The van der Waals surface area contributed by atoms with Crippen molar-refractivity contribution in [3.63, 3.8) is 0 Å². The Hall–Kier alpha value is -0.120. The minimum Gasteiger partial charge on any atom is -0.387 e. The first-order valence-electron chi connectivity index (χ1n) is 3.27. The zero-order valence-corrected chi connectivity index (χ0v) is 5.47. The van der Waals surface area contributed by atoms with E-state index in [0.717, 1.165) is 6.42 Å². The maximum absolute atomic E-state index is 9.49. The van der Waals surface area contributed by atoms with E-state index in [1.54, 1.807) is 0 Å². The summed E-state index contributed by atoms with van der Waals surface area (Å²) in [6.45, 7) is 1.68. The lowest BCUT2D eigenvalue weighted by atomic mass is 10.00. The first-order valence-corrected chi connectivity index (χ1v) is 3.27. The average molecular weight is 131 g/mol. The van der Waals surface area contributed by atoms with Crippen LogP contribution in [0.15, 0.2) is 0 Å². The number of nitrogens with two attached hydrogens (primary N) is 1. The third-order valence-electron chi connectivity index (χ3n) is 1.69. The highest BCUT2D eigenvalue weighted by Gasteiger charge is 2.30. The van der Waals surface area contributed by atoms with Crippen molar-refractivity contribution < 1.29 is 9.84 Å². The number of aliphatic hydroxyl groups is 1. The smallest absolute Gasteiger partial charge is 0.0914 e. The summed E-state index contributed by atoms with van der Waals surface area (Å²) in [6.07, 6.45) is 1.40. The molecule has 54 valence electrons. The van der Waals surface area contributed by atoms with Gasteiger partial charge in [0.2, 0.25) is 0 Å². The first-order chi connectivity index (χ1) is 4.27. The van der Waals surface area contributed by atoms with Crippen LogP contribution < -0.4 is 5.73 Å². The molecule has 1 heterocycles. The molecule has 1 atom stereocenters. The van der Waals surface area contributed by atoms with Crippen LogP contribution in [0.1, 0.15) is 12.8 Å². The molecule has 0 aromatic heterocycles. The molecule has 1 aliphatic rings. The first kappa shape index (κ1) is 6.99. The molecular formula is C6H13NO2. The summed E-state index contributed by atoms with van der Waals surface area (Å²) in [4.78, 5) is 0. The lowest BCUT2D eigenvalue weighted by Crippen LogP contribution is -2.31. The van der Waals surface area contributed by atoms with Crippen LogP contribution in [-0.2, 0) is 4.74 Å². The molecule has 0 aliphatic carbocycles. The van der Waals surface area contributed by atoms with Gasteiger partial charge in [-0.15, -0.1) is 0 Å². The maximum Gasteiger partial charge on any atom is 0.0914 e. The van der Waals surface area contributed by atoms with E-state index in [1.807, 2.05) is 0 Å². The fourth-order valence-corrected chi connectivity index (χ4v) is 1.06. The second-order valence-corrected chi connectivity index (χ2v) is 2.57. The molecule has 1 fully saturated rings. The monoisotopic (exact) mass is 131 g/mol. The molecule has 0 bridgehead atoms. The minimum atomic E-state index is -0.602. The molecule has 3 heteroatoms. The molecule has 0 amide bonds. The van der Waals surface area contributed by atoms with Gasteiger partial charge >= 0.3 is 0 Å². The SMILES string of the molecule is NCC[C@@]1(O)CCOC1. The number of rotatable bonds is 2. The Morgan fingerprint density at radius 2 is 2.44 bits per heavy atom. The molecule has 0 unspecified atom stereocenters. The third kappa shape index (κ3) is 1.64. The van der Waals surface area contributed by atoms with Crippen molar-refractivity contribution >= 4 is 0 Å². The van der Waals surface area contributed by atoms with Gasteiger partial charge in [-0.3, -0.25) is 0 Å². The lowest BCUT2D eigenvalue weighted by molar-refractivity contribution is 0.0214. The van der Waals surface area contributed by atoms with E-state index < -0.39 is 5.60 Å². The van der Waals surface area contributed by atoms with Gasteiger partial charge in [-0.25, -0.2) is 0 Å². The van der Waals surface area contributed by atoms with Gasteiger partial charge in [0.05, 0.1) is 12.2 Å². The Morgan fingerprint density at radius 1 is 1.67 bits per heavy atom. The molecule has 0 radical (unpaired) electrons. The molecule has 1 saturated heterocycles. The van der Waals surface area contributed by atoms with Crippen molar-refractivity contribution in [1.82, 2.24) is 0 Å². The summed E-state index contributed by atoms with van der Waals surface area (Å²) in [5, 5.41) is 9.49. The Morgan fingerprint density at radius 3 is 2.89 bits per heavy atom. The van der Waals surface area contributed by atoms with E-state index in [4.69, 9.17) is 10.5 Å². The van der Waals surface area contributed by atoms with Gasteiger partial charge in [0.15, 0.2) is 0 Å². The largest absolute Gasteiger partial charge is 0.387 e. The average Bonchev–Trinajstić information content (AvgIpc) is 2.16. The molecule has 0 spiro atoms. The van der Waals surface area contributed by atoms with Gasteiger partial charge in [0.1, 0.15) is 0 Å². The molecule has 1 aliphatic heterocycles. The molecular weight excluding hydrogens is 118 g/mol. The lowest BCUT2D eigenvalue weighted by Gasteiger charge is -2.18. The van der Waals surface area contributed by atoms with Crippen molar-refractivity contribution in [2.75, 3.05) is 19.8 Å². The summed E-state index contributed by atoms with van der Waals surface area (Å²) in [5.74, 6) is 0. The third-order valence-corrected chi connectivity index (χ3v) is 1.69. The zero-order valence-electron chi connectivity index (χ0n) is 5.47. The quantitative estimate of drug-likeness (QED) is 0.530. The fourth-order valence-electron chi connectivity index (χ4n) is 1.06. The highest BCUT2D eigenvalue weighted by Crippen LogP contribution is 2.20. The van der Waals surface area contributed by atoms with Crippen molar-refractivity contribution in [2.24, 2.45) is 5.73 Å². The predicted molar refractivity (Wildman–Crippen MR) is 34.1 cm³/mol. The van der Waals surface area contributed by atoms with Crippen LogP contribution in [0.4, 0.5) is 0 Å². The highest BCUT2D eigenvalue weighted by molar-refractivity contribution is 4.82. The van der Waals surface area contributed by atoms with Crippen LogP contribution in [0.3, 0.4) is 0 Å². The molecule has 9 heavy (non-hydrogen) atoms. The number of ether oxygens (including phenoxy) is 1. The molecule has 3 N–H and O–H groups in total. The Bertz CT molecular complexity index is 89.1. The Kier molecular flexibility index (Phi) is 2.05. The molecule has 0 saturated carbocycles. The van der Waals surface area contributed by atoms with Gasteiger partial charge in [-0.1, -0.05) is 0 Å². The highest BCUT2D eigenvalue weighted by atomic mass is 16.5. The van der Waals surface area contributed by atoms with Crippen LogP contribution in [0.25, 0.3) is 0 Å². The van der Waals surface area contributed by atoms with Crippen molar-refractivity contribution in [1.29, 1.82) is 0 Å². The molecule has 0 aromatic rings. The number of hydrogen-bond acceptors (Lipinski definition) is 3. The number of hydrogen-bond donors (Lipinski definition) is 2. The van der Waals surface area contributed by atoms with Crippen LogP contribution >= 0.6 is 0 Å². The summed E-state index contributed by atoms with van der Waals surface area (Å²) in [6, 6.07) is 0. The van der Waals surface area contributed by atoms with E-state index in [0.29, 0.717) is 26.2 Å². The van der Waals surface area contributed by atoms with Crippen LogP contribution in [0.2, 0.25) is 0 Å². The molecule has 3 nitrogen and oxygen atoms in total. The van der Waals surface area contributed by atoms with Gasteiger partial charge in [0.25, 0.3) is 0 Å². The van der Waals surface area contributed by atoms with E-state index >= 15 is 0 Å². The summed E-state index contributed by atoms with van der Waals surface area (Å²) >= 11 is 0. The van der Waals surface area contributed by atoms with Crippen LogP contribution in [-0.4, -0.2) is 30.5 Å². The van der Waals surface area contributed by atoms with E-state index in [9.17, 15) is 5.11 Å². The fraction of sp³-hybridized carbons (Fsp3) is 1.00. The summed E-state index contributed by atoms with van der Waals surface area (Å²) in [7, 11) is 0. The van der Waals surface area contributed by atoms with Crippen LogP contribution in [0.5, 0.6) is 0 Å². The minimum absolute atomic E-state index is 0.462. The Balaban J connectivity index is 2.32. The van der Waals surface area contributed by atoms with Gasteiger partial charge < -0.3 is 15.6 Å². The van der Waals surface area contributed by atoms with E-state index in [2.05, 4.69) is 0 Å². The van der Waals surface area contributed by atoms with Gasteiger partial charge in [0, 0.05) is 13.0 Å². The predicted octanol–water partition coefficient (Wildman–Crippen LogP) is -0.513. The summed E-state index contributed by atoms with van der Waals surface area (Å²) < 4.78 is 5.01. The Labute approximate surface area is 54.8 Å². The van der Waals surface area contributed by atoms with Gasteiger partial charge in [-0.2, -0.15) is 0 Å². The van der Waals surface area contributed by atoms with Gasteiger partial charge in [-0.05, 0) is 13.0 Å². The maximum atomic E-state index is 9.49. The normalized spacial score (nSPS) is 35.3. The van der Waals surface area contributed by atoms with E-state index in [1.165, 1.54) is 0 Å². The molecule has 1 rings (SSSR count). The van der Waals surface area contributed by atoms with Crippen LogP contribution in [0, 0.1) is 0 Å². The van der Waals surface area contributed by atoms with Crippen molar-refractivity contribution in [3.05, 3.63) is 0 Å². The second-order valence-electron chi connectivity index (χ2n) is 2.57. The summed E-state index contributed by atoms with van der Waals surface area (Å²) in [5.41, 5.74) is 4.68. The second kappa shape index (κ2) is 2.64. The van der Waals surface area contributed by atoms with E-state index in [-0.39, 0.29) is 0 Å². The topological polar surface area (TPSA) is 55.5 Å². The van der Waals surface area contributed by atoms with Crippen molar-refractivity contribution in [3.8, 4) is 0 Å². The zero-order chi connectivity index (χ0) is 6.74. The van der Waals surface area contributed by atoms with Crippen molar-refractivity contribution in [2.45, 2.75) is 18.4 Å². The molecule has 0 aromatic carbocycles. The standard InChI is InChI=1S/C6H13NO2/c7-3-1-6(8)2-4-9-5-6/h8H,1-5,7H2/t6-/m1/s1.